The molecule has 0 aliphatic carbocycles. The summed E-state index contributed by atoms with van der Waals surface area (Å²) in [5.41, 5.74) is 5.76. The van der Waals surface area contributed by atoms with Crippen LogP contribution < -0.4 is 0 Å². The molecule has 0 bridgehead atoms. The van der Waals surface area contributed by atoms with Gasteiger partial charge in [-0.3, -0.25) is 4.98 Å². The van der Waals surface area contributed by atoms with Crippen LogP contribution in [0.3, 0.4) is 0 Å². The summed E-state index contributed by atoms with van der Waals surface area (Å²) in [6.45, 7) is 2.13. The van der Waals surface area contributed by atoms with Gasteiger partial charge in [-0.25, -0.2) is 4.98 Å². The minimum absolute atomic E-state index is 1.04. The second kappa shape index (κ2) is 4.17. The summed E-state index contributed by atoms with van der Waals surface area (Å²) in [7, 11) is 0. The second-order valence-electron chi connectivity index (χ2n) is 4.96. The van der Waals surface area contributed by atoms with Crippen molar-refractivity contribution in [2.45, 2.75) is 6.92 Å². The van der Waals surface area contributed by atoms with E-state index in [1.807, 2.05) is 12.4 Å². The van der Waals surface area contributed by atoms with Crippen LogP contribution in [0.2, 0.25) is 0 Å². The van der Waals surface area contributed by atoms with Crippen molar-refractivity contribution in [1.29, 1.82) is 0 Å². The SMILES string of the molecule is Cc1ccccc1-c1cc2[nH]cncc2c2ccnc12. The van der Waals surface area contributed by atoms with Crippen LogP contribution >= 0.6 is 0 Å². The smallest absolute Gasteiger partial charge is 0.0923 e. The van der Waals surface area contributed by atoms with Gasteiger partial charge in [0.25, 0.3) is 0 Å². The van der Waals surface area contributed by atoms with Gasteiger partial charge in [-0.05, 0) is 30.2 Å². The molecule has 2 heterocycles. The van der Waals surface area contributed by atoms with Crippen molar-refractivity contribution in [3.05, 3.63) is 60.7 Å². The molecule has 0 saturated carbocycles. The van der Waals surface area contributed by atoms with Crippen LogP contribution in [0.25, 0.3) is 32.9 Å². The van der Waals surface area contributed by atoms with Crippen molar-refractivity contribution >= 4 is 21.8 Å². The number of nitrogens with one attached hydrogen (secondary N) is 1. The molecule has 2 aromatic carbocycles. The minimum atomic E-state index is 1.04. The highest BCUT2D eigenvalue weighted by atomic mass is 14.8. The van der Waals surface area contributed by atoms with Gasteiger partial charge in [0.15, 0.2) is 0 Å². The van der Waals surface area contributed by atoms with Gasteiger partial charge in [-0.2, -0.15) is 0 Å². The lowest BCUT2D eigenvalue weighted by Gasteiger charge is -2.09. The summed E-state index contributed by atoms with van der Waals surface area (Å²) in [4.78, 5) is 11.9. The number of aromatic amines is 1. The van der Waals surface area contributed by atoms with Crippen molar-refractivity contribution in [2.75, 3.05) is 0 Å². The maximum Gasteiger partial charge on any atom is 0.0923 e. The molecule has 2 aromatic heterocycles. The van der Waals surface area contributed by atoms with Crippen molar-refractivity contribution in [3.8, 4) is 11.1 Å². The Morgan fingerprint density at radius 1 is 1.00 bits per heavy atom. The molecule has 0 spiro atoms. The van der Waals surface area contributed by atoms with Crippen LogP contribution in [-0.2, 0) is 0 Å². The summed E-state index contributed by atoms with van der Waals surface area (Å²) in [5, 5.41) is 2.25. The van der Waals surface area contributed by atoms with E-state index in [9.17, 15) is 0 Å². The van der Waals surface area contributed by atoms with Crippen molar-refractivity contribution in [3.63, 3.8) is 0 Å². The first-order chi connectivity index (χ1) is 9.84. The minimum Gasteiger partial charge on any atom is -0.346 e. The quantitative estimate of drug-likeness (QED) is 0.559. The molecule has 0 aliphatic heterocycles. The van der Waals surface area contributed by atoms with Gasteiger partial charge in [-0.1, -0.05) is 24.3 Å². The fraction of sp³-hybridized carbons (Fsp3) is 0.0588. The molecule has 0 aliphatic rings. The average molecular weight is 259 g/mol. The van der Waals surface area contributed by atoms with Gasteiger partial charge < -0.3 is 4.98 Å². The normalized spacial score (nSPS) is 11.2. The molecule has 3 heteroatoms. The summed E-state index contributed by atoms with van der Waals surface area (Å²) in [6.07, 6.45) is 5.46. The number of benzene rings is 2. The molecule has 0 fully saturated rings. The predicted molar refractivity (Wildman–Crippen MR) is 81.6 cm³/mol. The van der Waals surface area contributed by atoms with Gasteiger partial charge >= 0.3 is 0 Å². The van der Waals surface area contributed by atoms with Crippen LogP contribution in [0.5, 0.6) is 0 Å². The predicted octanol–water partition coefficient (Wildman–Crippen LogP) is 4.09. The first-order valence-electron chi connectivity index (χ1n) is 6.60. The van der Waals surface area contributed by atoms with E-state index >= 15 is 0 Å². The number of hydrogen-bond donors (Lipinski definition) is 1. The fourth-order valence-electron chi connectivity index (χ4n) is 2.76. The molecule has 0 radical (unpaired) electrons. The number of rotatable bonds is 1. The first kappa shape index (κ1) is 11.2. The van der Waals surface area contributed by atoms with Crippen molar-refractivity contribution in [1.82, 2.24) is 15.0 Å². The van der Waals surface area contributed by atoms with E-state index in [1.54, 1.807) is 6.33 Å². The first-order valence-corrected chi connectivity index (χ1v) is 6.60. The molecule has 3 nitrogen and oxygen atoms in total. The molecular formula is C17H13N3. The summed E-state index contributed by atoms with van der Waals surface area (Å²) in [6, 6.07) is 12.6. The van der Waals surface area contributed by atoms with Gasteiger partial charge in [0, 0.05) is 34.2 Å². The molecule has 1 N–H and O–H groups in total. The maximum atomic E-state index is 4.54. The molecule has 96 valence electrons. The highest BCUT2D eigenvalue weighted by Crippen LogP contribution is 2.34. The van der Waals surface area contributed by atoms with Crippen LogP contribution in [0.1, 0.15) is 5.56 Å². The highest BCUT2D eigenvalue weighted by Gasteiger charge is 2.11. The Morgan fingerprint density at radius 2 is 1.90 bits per heavy atom. The fourth-order valence-corrected chi connectivity index (χ4v) is 2.76. The Hall–Kier alpha value is -2.68. The molecule has 20 heavy (non-hydrogen) atoms. The molecule has 0 atom stereocenters. The van der Waals surface area contributed by atoms with E-state index in [0.29, 0.717) is 0 Å². The lowest BCUT2D eigenvalue weighted by atomic mass is 9.97. The third kappa shape index (κ3) is 1.53. The zero-order chi connectivity index (χ0) is 13.5. The monoisotopic (exact) mass is 259 g/mol. The van der Waals surface area contributed by atoms with Gasteiger partial charge in [0.1, 0.15) is 0 Å². The van der Waals surface area contributed by atoms with E-state index in [1.165, 1.54) is 11.1 Å². The Kier molecular flexibility index (Phi) is 2.33. The molecular weight excluding hydrogens is 246 g/mol. The number of fused-ring (bicyclic) bond motifs is 3. The van der Waals surface area contributed by atoms with Gasteiger partial charge in [0.2, 0.25) is 0 Å². The van der Waals surface area contributed by atoms with E-state index in [2.05, 4.69) is 58.3 Å². The van der Waals surface area contributed by atoms with Crippen LogP contribution in [0, 0.1) is 6.92 Å². The molecule has 0 unspecified atom stereocenters. The molecule has 4 rings (SSSR count). The Bertz CT molecular complexity index is 922. The number of aromatic nitrogens is 3. The Labute approximate surface area is 116 Å². The topological polar surface area (TPSA) is 41.6 Å². The number of hydrogen-bond acceptors (Lipinski definition) is 2. The molecule has 0 saturated heterocycles. The van der Waals surface area contributed by atoms with Crippen molar-refractivity contribution < 1.29 is 0 Å². The summed E-state index contributed by atoms with van der Waals surface area (Å²) in [5.74, 6) is 0. The zero-order valence-corrected chi connectivity index (χ0v) is 11.1. The maximum absolute atomic E-state index is 4.54. The van der Waals surface area contributed by atoms with Crippen LogP contribution in [0.15, 0.2) is 55.1 Å². The van der Waals surface area contributed by atoms with E-state index < -0.39 is 0 Å². The standard InChI is InChI=1S/C17H13N3/c1-11-4-2-3-5-12(11)14-8-16-15(9-18-10-20-16)13-6-7-19-17(13)14/h2-10H,1H3,(H,18,20). The third-order valence-electron chi connectivity index (χ3n) is 3.76. The zero-order valence-electron chi connectivity index (χ0n) is 11.1. The number of H-pyrrole nitrogens is 1. The average Bonchev–Trinajstić information content (AvgIpc) is 2.97. The number of aryl methyl sites for hydroxylation is 1. The Balaban J connectivity index is 2.17. The van der Waals surface area contributed by atoms with E-state index in [-0.39, 0.29) is 0 Å². The Morgan fingerprint density at radius 3 is 2.80 bits per heavy atom. The van der Waals surface area contributed by atoms with Crippen molar-refractivity contribution in [2.24, 2.45) is 0 Å². The van der Waals surface area contributed by atoms with Crippen LogP contribution in [-0.4, -0.2) is 15.0 Å². The van der Waals surface area contributed by atoms with Gasteiger partial charge in [0.05, 0.1) is 11.8 Å². The second-order valence-corrected chi connectivity index (χ2v) is 4.96. The van der Waals surface area contributed by atoms with Crippen LogP contribution in [0.4, 0.5) is 0 Å². The summed E-state index contributed by atoms with van der Waals surface area (Å²) < 4.78 is 0. The van der Waals surface area contributed by atoms with E-state index in [4.69, 9.17) is 0 Å². The van der Waals surface area contributed by atoms with Gasteiger partial charge in [-0.15, -0.1) is 0 Å². The summed E-state index contributed by atoms with van der Waals surface area (Å²) >= 11 is 0. The molecule has 0 amide bonds. The number of nitrogens with zero attached hydrogens (tertiary/aromatic N) is 2. The lowest BCUT2D eigenvalue weighted by Crippen LogP contribution is -1.88. The van der Waals surface area contributed by atoms with E-state index in [0.717, 1.165) is 27.4 Å². The lowest BCUT2D eigenvalue weighted by molar-refractivity contribution is 1.23. The highest BCUT2D eigenvalue weighted by molar-refractivity contribution is 6.11. The molecule has 4 aromatic rings. The largest absolute Gasteiger partial charge is 0.346 e. The third-order valence-corrected chi connectivity index (χ3v) is 3.76.